The van der Waals surface area contributed by atoms with Crippen LogP contribution in [0.5, 0.6) is 5.75 Å². The van der Waals surface area contributed by atoms with Crippen LogP contribution in [0, 0.1) is 6.92 Å². The second-order valence-electron chi connectivity index (χ2n) is 7.53. The molecule has 3 aromatic rings. The molecule has 0 spiro atoms. The van der Waals surface area contributed by atoms with Gasteiger partial charge in [-0.15, -0.1) is 0 Å². The molecule has 4 rings (SSSR count). The van der Waals surface area contributed by atoms with Crippen LogP contribution in [0.15, 0.2) is 51.7 Å². The Kier molecular flexibility index (Phi) is 5.38. The average Bonchev–Trinajstić information content (AvgIpc) is 3.25. The molecule has 5 nitrogen and oxygen atoms in total. The molecule has 0 unspecified atom stereocenters. The molecule has 0 aliphatic carbocycles. The van der Waals surface area contributed by atoms with E-state index in [2.05, 4.69) is 4.90 Å². The van der Waals surface area contributed by atoms with Crippen LogP contribution in [-0.4, -0.2) is 25.5 Å². The Morgan fingerprint density at radius 1 is 1.10 bits per heavy atom. The number of nitrogens with zero attached hydrogens (tertiary/aromatic N) is 1. The summed E-state index contributed by atoms with van der Waals surface area (Å²) in [4.78, 5) is 26.8. The molecule has 2 heterocycles. The van der Waals surface area contributed by atoms with Gasteiger partial charge in [-0.05, 0) is 73.7 Å². The third-order valence-corrected chi connectivity index (χ3v) is 5.43. The minimum absolute atomic E-state index is 0.0656. The lowest BCUT2D eigenvalue weighted by Gasteiger charge is -2.17. The minimum atomic E-state index is -0.375. The van der Waals surface area contributed by atoms with Crippen molar-refractivity contribution < 1.29 is 13.9 Å². The molecule has 0 radical (unpaired) electrons. The van der Waals surface area contributed by atoms with Crippen molar-refractivity contribution >= 4 is 22.4 Å². The van der Waals surface area contributed by atoms with E-state index in [0.717, 1.165) is 35.3 Å². The molecule has 150 valence electrons. The first-order valence-electron chi connectivity index (χ1n) is 10.1. The van der Waals surface area contributed by atoms with Gasteiger partial charge in [0.25, 0.3) is 0 Å². The lowest BCUT2D eigenvalue weighted by Crippen LogP contribution is -2.18. The number of rotatable bonds is 6. The third kappa shape index (κ3) is 4.04. The average molecular weight is 391 g/mol. The molecule has 0 bridgehead atoms. The number of carbonyl (C=O) groups excluding carboxylic acids is 1. The maximum atomic E-state index is 12.7. The van der Waals surface area contributed by atoms with Crippen LogP contribution in [-0.2, 0) is 6.42 Å². The summed E-state index contributed by atoms with van der Waals surface area (Å²) >= 11 is 0. The maximum absolute atomic E-state index is 12.7. The van der Waals surface area contributed by atoms with E-state index in [4.69, 9.17) is 9.15 Å². The van der Waals surface area contributed by atoms with E-state index in [1.165, 1.54) is 18.9 Å². The summed E-state index contributed by atoms with van der Waals surface area (Å²) in [6.07, 6.45) is 3.12. The van der Waals surface area contributed by atoms with E-state index in [0.29, 0.717) is 23.3 Å². The van der Waals surface area contributed by atoms with Gasteiger partial charge in [0.1, 0.15) is 11.3 Å². The number of ether oxygens (including phenoxy) is 1. The van der Waals surface area contributed by atoms with E-state index >= 15 is 0 Å². The van der Waals surface area contributed by atoms with E-state index in [1.54, 1.807) is 0 Å². The third-order valence-electron chi connectivity index (χ3n) is 5.43. The van der Waals surface area contributed by atoms with Crippen molar-refractivity contribution in [3.8, 4) is 5.75 Å². The smallest absolute Gasteiger partial charge is 0.336 e. The molecule has 1 aliphatic heterocycles. The van der Waals surface area contributed by atoms with E-state index < -0.39 is 0 Å². The second-order valence-corrected chi connectivity index (χ2v) is 7.53. The zero-order chi connectivity index (χ0) is 20.4. The number of hydrogen-bond donors (Lipinski definition) is 0. The lowest BCUT2D eigenvalue weighted by atomic mass is 10.0. The van der Waals surface area contributed by atoms with E-state index in [9.17, 15) is 9.59 Å². The Labute approximate surface area is 169 Å². The summed E-state index contributed by atoms with van der Waals surface area (Å²) in [6.45, 7) is 5.97. The summed E-state index contributed by atoms with van der Waals surface area (Å²) in [5.41, 5.74) is 3.67. The number of hydrogen-bond acceptors (Lipinski definition) is 5. The Morgan fingerprint density at radius 3 is 2.52 bits per heavy atom. The Hall–Kier alpha value is -3.08. The van der Waals surface area contributed by atoms with Crippen molar-refractivity contribution in [3.63, 3.8) is 0 Å². The van der Waals surface area contributed by atoms with E-state index in [-0.39, 0.29) is 18.0 Å². The van der Waals surface area contributed by atoms with Crippen LogP contribution in [0.2, 0.25) is 0 Å². The highest BCUT2D eigenvalue weighted by Gasteiger charge is 2.15. The first kappa shape index (κ1) is 19.2. The number of benzene rings is 2. The largest absolute Gasteiger partial charge is 0.485 e. The lowest BCUT2D eigenvalue weighted by molar-refractivity contribution is 0.0922. The standard InChI is InChI=1S/C24H25NO4/c1-3-17-14-23(27)29-22-13-16(2)12-21(24(17)22)28-15-20(26)18-6-8-19(9-7-18)25-10-4-5-11-25/h6-9,12-14H,3-5,10-11,15H2,1-2H3. The molecule has 0 amide bonds. The molecule has 5 heteroatoms. The highest BCUT2D eigenvalue weighted by Crippen LogP contribution is 2.30. The van der Waals surface area contributed by atoms with Gasteiger partial charge in [-0.1, -0.05) is 6.92 Å². The highest BCUT2D eigenvalue weighted by atomic mass is 16.5. The molecular weight excluding hydrogens is 366 g/mol. The fourth-order valence-corrected chi connectivity index (χ4v) is 3.92. The number of carbonyl (C=O) groups is 1. The van der Waals surface area contributed by atoms with Crippen molar-refractivity contribution in [3.05, 3.63) is 69.6 Å². The van der Waals surface area contributed by atoms with Crippen molar-refractivity contribution in [2.24, 2.45) is 0 Å². The van der Waals surface area contributed by atoms with Crippen molar-refractivity contribution in [2.45, 2.75) is 33.1 Å². The van der Waals surface area contributed by atoms with Gasteiger partial charge < -0.3 is 14.1 Å². The molecule has 0 atom stereocenters. The number of anilines is 1. The molecule has 1 fully saturated rings. The van der Waals surface area contributed by atoms with Gasteiger partial charge in [0.05, 0.1) is 5.39 Å². The second kappa shape index (κ2) is 8.11. The fourth-order valence-electron chi connectivity index (χ4n) is 3.92. The normalized spacial score (nSPS) is 13.8. The number of ketones is 1. The van der Waals surface area contributed by atoms with Gasteiger partial charge in [-0.2, -0.15) is 0 Å². The number of fused-ring (bicyclic) bond motifs is 1. The molecule has 2 aromatic carbocycles. The molecule has 29 heavy (non-hydrogen) atoms. The quantitative estimate of drug-likeness (QED) is 0.457. The number of aryl methyl sites for hydroxylation is 2. The van der Waals surface area contributed by atoms with Crippen LogP contribution in [0.3, 0.4) is 0 Å². The molecule has 1 aromatic heterocycles. The van der Waals surface area contributed by atoms with Gasteiger partial charge in [-0.3, -0.25) is 4.79 Å². The summed E-state index contributed by atoms with van der Waals surface area (Å²) in [5, 5.41) is 0.759. The topological polar surface area (TPSA) is 59.8 Å². The van der Waals surface area contributed by atoms with Crippen molar-refractivity contribution in [1.82, 2.24) is 0 Å². The molecule has 1 aliphatic rings. The Morgan fingerprint density at radius 2 is 1.83 bits per heavy atom. The summed E-state index contributed by atoms with van der Waals surface area (Å²) in [6, 6.07) is 12.9. The summed E-state index contributed by atoms with van der Waals surface area (Å²) in [5.74, 6) is 0.491. The van der Waals surface area contributed by atoms with Gasteiger partial charge in [0, 0.05) is 30.4 Å². The maximum Gasteiger partial charge on any atom is 0.336 e. The molecule has 0 N–H and O–H groups in total. The van der Waals surface area contributed by atoms with Gasteiger partial charge in [0.15, 0.2) is 12.4 Å². The van der Waals surface area contributed by atoms with Crippen LogP contribution in [0.1, 0.15) is 41.3 Å². The summed E-state index contributed by atoms with van der Waals surface area (Å²) in [7, 11) is 0. The predicted molar refractivity (Wildman–Crippen MR) is 114 cm³/mol. The number of Topliss-reactive ketones (excluding diaryl/α,β-unsaturated/α-hetero) is 1. The zero-order valence-corrected chi connectivity index (χ0v) is 16.9. The van der Waals surface area contributed by atoms with Crippen molar-refractivity contribution in [1.29, 1.82) is 0 Å². The van der Waals surface area contributed by atoms with Gasteiger partial charge in [0.2, 0.25) is 0 Å². The summed E-state index contributed by atoms with van der Waals surface area (Å²) < 4.78 is 11.3. The Bertz CT molecular complexity index is 1090. The fraction of sp³-hybridized carbons (Fsp3) is 0.333. The molecular formula is C24H25NO4. The monoisotopic (exact) mass is 391 g/mol. The van der Waals surface area contributed by atoms with Gasteiger partial charge in [-0.25, -0.2) is 4.79 Å². The minimum Gasteiger partial charge on any atom is -0.485 e. The predicted octanol–water partition coefficient (Wildman–Crippen LogP) is 4.53. The molecule has 0 saturated carbocycles. The zero-order valence-electron chi connectivity index (χ0n) is 16.9. The van der Waals surface area contributed by atoms with Crippen LogP contribution < -0.4 is 15.3 Å². The van der Waals surface area contributed by atoms with Crippen LogP contribution >= 0.6 is 0 Å². The Balaban J connectivity index is 1.54. The van der Waals surface area contributed by atoms with Crippen molar-refractivity contribution in [2.75, 3.05) is 24.6 Å². The highest BCUT2D eigenvalue weighted by molar-refractivity contribution is 5.98. The first-order chi connectivity index (χ1) is 14.0. The SMILES string of the molecule is CCc1cc(=O)oc2cc(C)cc(OCC(=O)c3ccc(N4CCCC4)cc3)c12. The van der Waals surface area contributed by atoms with Gasteiger partial charge >= 0.3 is 5.63 Å². The molecule has 1 saturated heterocycles. The first-order valence-corrected chi connectivity index (χ1v) is 10.1. The van der Waals surface area contributed by atoms with E-state index in [1.807, 2.05) is 50.2 Å². The van der Waals surface area contributed by atoms with Crippen LogP contribution in [0.4, 0.5) is 5.69 Å². The van der Waals surface area contributed by atoms with Crippen LogP contribution in [0.25, 0.3) is 11.0 Å².